The van der Waals surface area contributed by atoms with Gasteiger partial charge in [-0.15, -0.1) is 6.42 Å². The maximum Gasteiger partial charge on any atom is 0.410 e. The molecule has 0 saturated carbocycles. The Hall–Kier alpha value is -1.17. The third kappa shape index (κ3) is 1.06. The molecule has 0 N–H and O–H groups in total. The second-order valence-electron chi connectivity index (χ2n) is 2.15. The largest absolute Gasteiger partial charge is 0.447 e. The van der Waals surface area contributed by atoms with Gasteiger partial charge in [0.05, 0.1) is 12.6 Å². The van der Waals surface area contributed by atoms with Crippen LogP contribution in [0.25, 0.3) is 0 Å². The van der Waals surface area contributed by atoms with Gasteiger partial charge in [-0.2, -0.15) is 0 Å². The fourth-order valence-electron chi connectivity index (χ4n) is 0.847. The summed E-state index contributed by atoms with van der Waals surface area (Å²) in [4.78, 5) is 12.3. The number of carbonyl (C=O) groups is 1. The van der Waals surface area contributed by atoms with E-state index in [2.05, 4.69) is 10.7 Å². The van der Waals surface area contributed by atoms with Gasteiger partial charge in [-0.05, 0) is 6.92 Å². The summed E-state index contributed by atoms with van der Waals surface area (Å²) >= 11 is 0. The van der Waals surface area contributed by atoms with Crippen molar-refractivity contribution < 1.29 is 9.53 Å². The lowest BCUT2D eigenvalue weighted by Gasteiger charge is -2.15. The van der Waals surface area contributed by atoms with Crippen molar-refractivity contribution >= 4 is 6.09 Å². The van der Waals surface area contributed by atoms with Crippen LogP contribution in [0.15, 0.2) is 0 Å². The molecule has 3 heteroatoms. The zero-order valence-corrected chi connectivity index (χ0v) is 5.83. The lowest BCUT2D eigenvalue weighted by atomic mass is 10.3. The molecule has 1 atom stereocenters. The number of hydrogen-bond acceptors (Lipinski definition) is 2. The van der Waals surface area contributed by atoms with Crippen LogP contribution in [0.2, 0.25) is 0 Å². The molecule has 0 aromatic rings. The topological polar surface area (TPSA) is 29.5 Å². The molecular weight excluding hydrogens is 130 g/mol. The smallest absolute Gasteiger partial charge is 0.410 e. The second kappa shape index (κ2) is 2.61. The second-order valence-corrected chi connectivity index (χ2v) is 2.15. The number of terminal acetylenes is 1. The van der Waals surface area contributed by atoms with Crippen molar-refractivity contribution in [1.29, 1.82) is 0 Å². The van der Waals surface area contributed by atoms with Gasteiger partial charge in [0, 0.05) is 0 Å². The summed E-state index contributed by atoms with van der Waals surface area (Å²) in [6.07, 6.45) is 4.81. The summed E-state index contributed by atoms with van der Waals surface area (Å²) in [5.41, 5.74) is 0. The molecule has 1 fully saturated rings. The van der Waals surface area contributed by atoms with E-state index in [1.807, 2.05) is 0 Å². The van der Waals surface area contributed by atoms with Crippen LogP contribution in [0, 0.1) is 12.3 Å². The minimum atomic E-state index is -0.301. The molecular formula is C7H9NO2. The Morgan fingerprint density at radius 1 is 1.90 bits per heavy atom. The molecule has 1 heterocycles. The third-order valence-electron chi connectivity index (χ3n) is 1.50. The first-order chi connectivity index (χ1) is 4.75. The van der Waals surface area contributed by atoms with E-state index in [0.717, 1.165) is 0 Å². The molecule has 0 radical (unpaired) electrons. The minimum Gasteiger partial charge on any atom is -0.447 e. The number of rotatable bonds is 1. The number of cyclic esters (lactones) is 1. The van der Waals surface area contributed by atoms with Gasteiger partial charge in [0.15, 0.2) is 0 Å². The van der Waals surface area contributed by atoms with E-state index >= 15 is 0 Å². The van der Waals surface area contributed by atoms with Crippen LogP contribution in [0.3, 0.4) is 0 Å². The van der Waals surface area contributed by atoms with E-state index < -0.39 is 0 Å². The van der Waals surface area contributed by atoms with Gasteiger partial charge in [-0.3, -0.25) is 4.90 Å². The molecule has 1 saturated heterocycles. The Labute approximate surface area is 60.0 Å². The fraction of sp³-hybridized carbons (Fsp3) is 0.571. The Morgan fingerprint density at radius 3 is 3.00 bits per heavy atom. The minimum absolute atomic E-state index is 0.144. The molecule has 0 aromatic carbocycles. The van der Waals surface area contributed by atoms with Crippen LogP contribution in [0.4, 0.5) is 4.79 Å². The van der Waals surface area contributed by atoms with E-state index in [0.29, 0.717) is 13.2 Å². The normalized spacial score (nSPS) is 20.0. The van der Waals surface area contributed by atoms with Crippen LogP contribution >= 0.6 is 0 Å². The highest BCUT2D eigenvalue weighted by Gasteiger charge is 2.25. The number of ether oxygens (including phenoxy) is 1. The summed E-state index contributed by atoms with van der Waals surface area (Å²) < 4.78 is 4.68. The van der Waals surface area contributed by atoms with Crippen molar-refractivity contribution in [1.82, 2.24) is 4.90 Å². The summed E-state index contributed by atoms with van der Waals surface area (Å²) in [6.45, 7) is 2.88. The first-order valence-corrected chi connectivity index (χ1v) is 3.15. The van der Waals surface area contributed by atoms with Gasteiger partial charge in [0.25, 0.3) is 0 Å². The maximum absolute atomic E-state index is 10.8. The number of amides is 1. The average Bonchev–Trinajstić information content (AvgIpc) is 2.34. The summed E-state index contributed by atoms with van der Waals surface area (Å²) in [5.74, 6) is 2.46. The molecule has 0 bridgehead atoms. The van der Waals surface area contributed by atoms with Gasteiger partial charge >= 0.3 is 6.09 Å². The Morgan fingerprint density at radius 2 is 2.60 bits per heavy atom. The molecule has 1 unspecified atom stereocenters. The Bertz CT molecular complexity index is 183. The highest BCUT2D eigenvalue weighted by Crippen LogP contribution is 2.06. The molecule has 1 rings (SSSR count). The first-order valence-electron chi connectivity index (χ1n) is 3.15. The molecule has 1 amide bonds. The number of hydrogen-bond donors (Lipinski definition) is 0. The van der Waals surface area contributed by atoms with Gasteiger partial charge in [-0.1, -0.05) is 5.92 Å². The zero-order valence-electron chi connectivity index (χ0n) is 5.83. The Balaban J connectivity index is 2.57. The molecule has 1 aliphatic heterocycles. The molecule has 0 aromatic heterocycles. The van der Waals surface area contributed by atoms with Crippen LogP contribution in [0.1, 0.15) is 6.92 Å². The van der Waals surface area contributed by atoms with Crippen molar-refractivity contribution in [2.75, 3.05) is 13.2 Å². The van der Waals surface area contributed by atoms with Gasteiger partial charge in [0.2, 0.25) is 0 Å². The summed E-state index contributed by atoms with van der Waals surface area (Å²) in [6, 6.07) is -0.144. The van der Waals surface area contributed by atoms with E-state index in [4.69, 9.17) is 6.42 Å². The van der Waals surface area contributed by atoms with Gasteiger partial charge in [-0.25, -0.2) is 4.79 Å². The average molecular weight is 139 g/mol. The molecule has 3 nitrogen and oxygen atoms in total. The Kier molecular flexibility index (Phi) is 1.81. The first kappa shape index (κ1) is 6.94. The van der Waals surface area contributed by atoms with E-state index in [1.165, 1.54) is 4.90 Å². The van der Waals surface area contributed by atoms with E-state index in [1.54, 1.807) is 6.92 Å². The van der Waals surface area contributed by atoms with Crippen molar-refractivity contribution in [3.63, 3.8) is 0 Å². The summed E-state index contributed by atoms with van der Waals surface area (Å²) in [5, 5.41) is 0. The van der Waals surface area contributed by atoms with Crippen LogP contribution in [-0.2, 0) is 4.74 Å². The standard InChI is InChI=1S/C7H9NO2/c1-3-6(2)8-4-5-10-7(8)9/h1,6H,4-5H2,2H3. The SMILES string of the molecule is C#CC(C)N1CCOC1=O. The van der Waals surface area contributed by atoms with Crippen molar-refractivity contribution in [2.45, 2.75) is 13.0 Å². The highest BCUT2D eigenvalue weighted by molar-refractivity contribution is 5.70. The fourth-order valence-corrected chi connectivity index (χ4v) is 0.847. The van der Waals surface area contributed by atoms with Crippen molar-refractivity contribution in [3.05, 3.63) is 0 Å². The highest BCUT2D eigenvalue weighted by atomic mass is 16.6. The van der Waals surface area contributed by atoms with E-state index in [9.17, 15) is 4.79 Å². The van der Waals surface area contributed by atoms with E-state index in [-0.39, 0.29) is 12.1 Å². The number of nitrogens with zero attached hydrogens (tertiary/aromatic N) is 1. The molecule has 54 valence electrons. The van der Waals surface area contributed by atoms with Crippen LogP contribution in [-0.4, -0.2) is 30.2 Å². The summed E-state index contributed by atoms with van der Waals surface area (Å²) in [7, 11) is 0. The maximum atomic E-state index is 10.8. The third-order valence-corrected chi connectivity index (χ3v) is 1.50. The molecule has 0 aliphatic carbocycles. The predicted octanol–water partition coefficient (Wildman–Crippen LogP) is 0.460. The monoisotopic (exact) mass is 139 g/mol. The van der Waals surface area contributed by atoms with Crippen LogP contribution < -0.4 is 0 Å². The predicted molar refractivity (Wildman–Crippen MR) is 36.3 cm³/mol. The lowest BCUT2D eigenvalue weighted by molar-refractivity contribution is 0.155. The lowest BCUT2D eigenvalue weighted by Crippen LogP contribution is -2.32. The van der Waals surface area contributed by atoms with Crippen LogP contribution in [0.5, 0.6) is 0 Å². The number of carbonyl (C=O) groups excluding carboxylic acids is 1. The zero-order chi connectivity index (χ0) is 7.56. The van der Waals surface area contributed by atoms with Gasteiger partial charge in [0.1, 0.15) is 6.61 Å². The van der Waals surface area contributed by atoms with Crippen molar-refractivity contribution in [2.24, 2.45) is 0 Å². The molecule has 10 heavy (non-hydrogen) atoms. The van der Waals surface area contributed by atoms with Crippen molar-refractivity contribution in [3.8, 4) is 12.3 Å². The molecule has 0 spiro atoms. The molecule has 1 aliphatic rings. The van der Waals surface area contributed by atoms with Gasteiger partial charge < -0.3 is 4.74 Å². The quantitative estimate of drug-likeness (QED) is 0.494.